The Morgan fingerprint density at radius 3 is 2.50 bits per heavy atom. The van der Waals surface area contributed by atoms with E-state index in [0.717, 1.165) is 12.8 Å². The van der Waals surface area contributed by atoms with Gasteiger partial charge in [-0.05, 0) is 12.8 Å². The molecule has 0 aliphatic carbocycles. The predicted octanol–water partition coefficient (Wildman–Crippen LogP) is 0.154. The highest BCUT2D eigenvalue weighted by Gasteiger charge is 2.14. The molecule has 0 aromatic heterocycles. The monoisotopic (exact) mass is 235 g/mol. The summed E-state index contributed by atoms with van der Waals surface area (Å²) in [7, 11) is 1.64. The third-order valence-electron chi connectivity index (χ3n) is 2.33. The molecule has 0 saturated heterocycles. The number of aliphatic hydroxyl groups excluding tert-OH is 1. The summed E-state index contributed by atoms with van der Waals surface area (Å²) in [5, 5.41) is 9.05. The van der Waals surface area contributed by atoms with Gasteiger partial charge >= 0.3 is 0 Å². The van der Waals surface area contributed by atoms with Crippen LogP contribution in [0.15, 0.2) is 0 Å². The first kappa shape index (κ1) is 15.8. The van der Waals surface area contributed by atoms with E-state index in [0.29, 0.717) is 26.4 Å². The second kappa shape index (κ2) is 11.3. The zero-order valence-electron chi connectivity index (χ0n) is 10.4. The molecular formula is C11H25NO4. The van der Waals surface area contributed by atoms with Gasteiger partial charge in [-0.15, -0.1) is 0 Å². The summed E-state index contributed by atoms with van der Waals surface area (Å²) >= 11 is 0. The van der Waals surface area contributed by atoms with Gasteiger partial charge in [0.05, 0.1) is 25.9 Å². The molecule has 2 unspecified atom stereocenters. The molecule has 2 atom stereocenters. The van der Waals surface area contributed by atoms with Crippen LogP contribution in [0.3, 0.4) is 0 Å². The third kappa shape index (κ3) is 8.01. The SMILES string of the molecule is CCC(N)C(CO)OCCCOCCOC. The molecule has 5 heteroatoms. The number of nitrogens with two attached hydrogens (primary N) is 1. The van der Waals surface area contributed by atoms with E-state index in [2.05, 4.69) is 0 Å². The minimum Gasteiger partial charge on any atom is -0.394 e. The highest BCUT2D eigenvalue weighted by molar-refractivity contribution is 4.70. The van der Waals surface area contributed by atoms with Gasteiger partial charge in [0, 0.05) is 26.4 Å². The highest BCUT2D eigenvalue weighted by Crippen LogP contribution is 2.01. The molecule has 5 nitrogen and oxygen atoms in total. The van der Waals surface area contributed by atoms with Crippen molar-refractivity contribution in [1.82, 2.24) is 0 Å². The summed E-state index contributed by atoms with van der Waals surface area (Å²) in [5.41, 5.74) is 5.78. The van der Waals surface area contributed by atoms with Crippen molar-refractivity contribution < 1.29 is 19.3 Å². The van der Waals surface area contributed by atoms with Crippen LogP contribution >= 0.6 is 0 Å². The normalized spacial score (nSPS) is 15.0. The summed E-state index contributed by atoms with van der Waals surface area (Å²) in [6, 6.07) is -0.0978. The molecule has 3 N–H and O–H groups in total. The zero-order chi connectivity index (χ0) is 12.2. The minimum atomic E-state index is -0.260. The summed E-state index contributed by atoms with van der Waals surface area (Å²) < 4.78 is 15.6. The molecule has 0 aromatic carbocycles. The van der Waals surface area contributed by atoms with Gasteiger partial charge in [0.2, 0.25) is 0 Å². The topological polar surface area (TPSA) is 73.9 Å². The first-order chi connectivity index (χ1) is 7.76. The Labute approximate surface area is 97.9 Å². The Kier molecular flexibility index (Phi) is 11.1. The van der Waals surface area contributed by atoms with Gasteiger partial charge in [-0.25, -0.2) is 0 Å². The van der Waals surface area contributed by atoms with E-state index in [4.69, 9.17) is 25.1 Å². The van der Waals surface area contributed by atoms with Gasteiger partial charge in [0.25, 0.3) is 0 Å². The van der Waals surface area contributed by atoms with E-state index in [-0.39, 0.29) is 18.8 Å². The smallest absolute Gasteiger partial charge is 0.0955 e. The van der Waals surface area contributed by atoms with Crippen LogP contribution in [0.1, 0.15) is 19.8 Å². The quantitative estimate of drug-likeness (QED) is 0.499. The van der Waals surface area contributed by atoms with Gasteiger partial charge in [0.1, 0.15) is 0 Å². The maximum absolute atomic E-state index is 9.05. The number of hydrogen-bond donors (Lipinski definition) is 2. The lowest BCUT2D eigenvalue weighted by Crippen LogP contribution is -2.39. The van der Waals surface area contributed by atoms with Crippen LogP contribution in [0, 0.1) is 0 Å². The molecule has 16 heavy (non-hydrogen) atoms. The summed E-state index contributed by atoms with van der Waals surface area (Å²) in [5.74, 6) is 0. The number of aliphatic hydroxyl groups is 1. The molecule has 0 aliphatic heterocycles. The number of hydrogen-bond acceptors (Lipinski definition) is 5. The summed E-state index contributed by atoms with van der Waals surface area (Å²) in [6.07, 6.45) is 1.34. The van der Waals surface area contributed by atoms with Gasteiger partial charge in [-0.3, -0.25) is 0 Å². The Balaban J connectivity index is 3.34. The van der Waals surface area contributed by atoms with E-state index in [1.54, 1.807) is 7.11 Å². The fraction of sp³-hybridized carbons (Fsp3) is 1.00. The predicted molar refractivity (Wildman–Crippen MR) is 62.4 cm³/mol. The van der Waals surface area contributed by atoms with E-state index < -0.39 is 0 Å². The molecule has 0 spiro atoms. The molecule has 0 amide bonds. The lowest BCUT2D eigenvalue weighted by molar-refractivity contribution is -0.0148. The fourth-order valence-corrected chi connectivity index (χ4v) is 1.21. The van der Waals surface area contributed by atoms with Crippen LogP contribution in [0.2, 0.25) is 0 Å². The molecule has 0 aliphatic rings. The molecule has 0 aromatic rings. The van der Waals surface area contributed by atoms with E-state index in [1.165, 1.54) is 0 Å². The largest absolute Gasteiger partial charge is 0.394 e. The molecule has 0 saturated carbocycles. The van der Waals surface area contributed by atoms with Crippen molar-refractivity contribution in [2.75, 3.05) is 40.1 Å². The number of rotatable bonds is 11. The van der Waals surface area contributed by atoms with Crippen LogP contribution in [-0.2, 0) is 14.2 Å². The number of ether oxygens (including phenoxy) is 3. The van der Waals surface area contributed by atoms with Crippen molar-refractivity contribution in [1.29, 1.82) is 0 Å². The van der Waals surface area contributed by atoms with Gasteiger partial charge < -0.3 is 25.1 Å². The lowest BCUT2D eigenvalue weighted by Gasteiger charge is -2.21. The molecule has 0 bridgehead atoms. The van der Waals surface area contributed by atoms with Crippen LogP contribution in [0.4, 0.5) is 0 Å². The Morgan fingerprint density at radius 2 is 1.94 bits per heavy atom. The van der Waals surface area contributed by atoms with Crippen LogP contribution in [-0.4, -0.2) is 57.4 Å². The lowest BCUT2D eigenvalue weighted by atomic mass is 10.1. The number of methoxy groups -OCH3 is 1. The molecule has 0 fully saturated rings. The van der Waals surface area contributed by atoms with Crippen LogP contribution in [0.5, 0.6) is 0 Å². The van der Waals surface area contributed by atoms with Crippen molar-refractivity contribution in [2.24, 2.45) is 5.73 Å². The van der Waals surface area contributed by atoms with Gasteiger partial charge in [-0.1, -0.05) is 6.92 Å². The average Bonchev–Trinajstić information content (AvgIpc) is 2.32. The second-order valence-corrected chi connectivity index (χ2v) is 3.62. The van der Waals surface area contributed by atoms with Crippen LogP contribution in [0.25, 0.3) is 0 Å². The summed E-state index contributed by atoms with van der Waals surface area (Å²) in [6.45, 7) is 4.37. The first-order valence-corrected chi connectivity index (χ1v) is 5.81. The maximum Gasteiger partial charge on any atom is 0.0955 e. The molecule has 98 valence electrons. The molecule has 0 radical (unpaired) electrons. The van der Waals surface area contributed by atoms with Gasteiger partial charge in [-0.2, -0.15) is 0 Å². The fourth-order valence-electron chi connectivity index (χ4n) is 1.21. The first-order valence-electron chi connectivity index (χ1n) is 5.81. The standard InChI is InChI=1S/C11H25NO4/c1-3-10(12)11(9-13)16-6-4-5-15-8-7-14-2/h10-11,13H,3-9,12H2,1-2H3. The molecule has 0 rings (SSSR count). The minimum absolute atomic E-state index is 0.0282. The summed E-state index contributed by atoms with van der Waals surface area (Å²) in [4.78, 5) is 0. The Morgan fingerprint density at radius 1 is 1.19 bits per heavy atom. The van der Waals surface area contributed by atoms with Crippen LogP contribution < -0.4 is 5.73 Å². The third-order valence-corrected chi connectivity index (χ3v) is 2.33. The maximum atomic E-state index is 9.05. The van der Waals surface area contributed by atoms with E-state index in [9.17, 15) is 0 Å². The molecule has 0 heterocycles. The van der Waals surface area contributed by atoms with Crippen molar-refractivity contribution in [2.45, 2.75) is 31.9 Å². The van der Waals surface area contributed by atoms with Crippen molar-refractivity contribution in [3.8, 4) is 0 Å². The van der Waals surface area contributed by atoms with Gasteiger partial charge in [0.15, 0.2) is 0 Å². The zero-order valence-corrected chi connectivity index (χ0v) is 10.4. The second-order valence-electron chi connectivity index (χ2n) is 3.62. The van der Waals surface area contributed by atoms with Crippen molar-refractivity contribution >= 4 is 0 Å². The van der Waals surface area contributed by atoms with Crippen molar-refractivity contribution in [3.63, 3.8) is 0 Å². The van der Waals surface area contributed by atoms with E-state index in [1.807, 2.05) is 6.92 Å². The highest BCUT2D eigenvalue weighted by atomic mass is 16.5. The Hall–Kier alpha value is -0.200. The average molecular weight is 235 g/mol. The Bertz CT molecular complexity index is 146. The van der Waals surface area contributed by atoms with E-state index >= 15 is 0 Å². The van der Waals surface area contributed by atoms with Crippen molar-refractivity contribution in [3.05, 3.63) is 0 Å². The molecular weight excluding hydrogens is 210 g/mol.